The molecule has 6 nitrogen and oxygen atoms in total. The third kappa shape index (κ3) is 4.98. The first-order valence-electron chi connectivity index (χ1n) is 11.6. The van der Waals surface area contributed by atoms with Crippen LogP contribution in [0.5, 0.6) is 5.75 Å². The molecule has 1 N–H and O–H groups in total. The number of carbonyl (C=O) groups excluding carboxylic acids is 1. The van der Waals surface area contributed by atoms with E-state index in [2.05, 4.69) is 14.7 Å². The van der Waals surface area contributed by atoms with Gasteiger partial charge in [-0.2, -0.15) is 4.37 Å². The summed E-state index contributed by atoms with van der Waals surface area (Å²) in [5, 5.41) is 3.24. The first-order chi connectivity index (χ1) is 17.6. The van der Waals surface area contributed by atoms with E-state index >= 15 is 0 Å². The second-order valence-electron chi connectivity index (χ2n) is 9.45. The molecule has 5 rings (SSSR count). The molecule has 1 unspecified atom stereocenters. The molecule has 0 bridgehead atoms. The Hall–Kier alpha value is -3.28. The number of hydrogen-bond donors (Lipinski definition) is 1. The Labute approximate surface area is 213 Å². The quantitative estimate of drug-likeness (QED) is 0.373. The number of aromatic nitrogens is 2. The number of ether oxygens (including phenoxy) is 1. The van der Waals surface area contributed by atoms with Crippen molar-refractivity contribution in [2.75, 3.05) is 18.4 Å². The van der Waals surface area contributed by atoms with Crippen LogP contribution in [0.2, 0.25) is 0 Å². The van der Waals surface area contributed by atoms with E-state index in [9.17, 15) is 26.7 Å². The van der Waals surface area contributed by atoms with Crippen molar-refractivity contribution in [1.82, 2.24) is 14.3 Å². The van der Waals surface area contributed by atoms with Crippen molar-refractivity contribution in [1.29, 1.82) is 0 Å². The summed E-state index contributed by atoms with van der Waals surface area (Å²) in [5.74, 6) is -3.17. The van der Waals surface area contributed by atoms with Crippen LogP contribution in [0.15, 0.2) is 42.7 Å². The number of anilines is 1. The molecule has 1 aliphatic heterocycles. The number of halogens is 5. The summed E-state index contributed by atoms with van der Waals surface area (Å²) in [5.41, 5.74) is -0.0415. The van der Waals surface area contributed by atoms with Gasteiger partial charge in [0.05, 0.1) is 11.1 Å². The van der Waals surface area contributed by atoms with Gasteiger partial charge in [-0.3, -0.25) is 0 Å². The molecule has 2 aromatic carbocycles. The highest BCUT2D eigenvalue weighted by Gasteiger charge is 2.48. The van der Waals surface area contributed by atoms with Crippen LogP contribution in [0.1, 0.15) is 47.4 Å². The highest BCUT2D eigenvalue weighted by Crippen LogP contribution is 2.43. The van der Waals surface area contributed by atoms with Crippen molar-refractivity contribution >= 4 is 23.3 Å². The van der Waals surface area contributed by atoms with Gasteiger partial charge in [0.25, 0.3) is 12.3 Å². The maximum Gasteiger partial charge on any atom is 0.321 e. The molecule has 196 valence electrons. The van der Waals surface area contributed by atoms with E-state index in [4.69, 9.17) is 4.74 Å². The van der Waals surface area contributed by atoms with Gasteiger partial charge in [-0.15, -0.1) is 0 Å². The van der Waals surface area contributed by atoms with Crippen molar-refractivity contribution in [2.24, 2.45) is 0 Å². The predicted molar refractivity (Wildman–Crippen MR) is 127 cm³/mol. The normalized spacial score (nSPS) is 21.2. The van der Waals surface area contributed by atoms with Gasteiger partial charge < -0.3 is 15.0 Å². The van der Waals surface area contributed by atoms with Crippen LogP contribution in [-0.4, -0.2) is 45.4 Å². The van der Waals surface area contributed by atoms with Crippen LogP contribution >= 0.6 is 11.5 Å². The van der Waals surface area contributed by atoms with Crippen LogP contribution in [0.3, 0.4) is 0 Å². The zero-order chi connectivity index (χ0) is 26.4. The molecule has 37 heavy (non-hydrogen) atoms. The summed E-state index contributed by atoms with van der Waals surface area (Å²) in [6.07, 6.45) is -2.71. The number of aryl methyl sites for hydroxylation is 1. The molecule has 1 atom stereocenters. The van der Waals surface area contributed by atoms with Crippen molar-refractivity contribution < 1.29 is 31.5 Å². The third-order valence-corrected chi connectivity index (χ3v) is 7.76. The van der Waals surface area contributed by atoms with Crippen LogP contribution < -0.4 is 10.1 Å². The highest BCUT2D eigenvalue weighted by molar-refractivity contribution is 7.05. The lowest BCUT2D eigenvalue weighted by molar-refractivity contribution is -0.134. The SMILES string of the molecule is Cc1ccc(C2(c3ncns3)CCN(C(=O)Nc3cc(C(F)F)ccc3OC3CC(F)(F)C3)C2)cc1F. The van der Waals surface area contributed by atoms with E-state index < -0.39 is 42.7 Å². The Morgan fingerprint density at radius 1 is 1.22 bits per heavy atom. The molecular weight excluding hydrogens is 515 g/mol. The van der Waals surface area contributed by atoms with Crippen LogP contribution in [0.25, 0.3) is 0 Å². The van der Waals surface area contributed by atoms with Gasteiger partial charge in [-0.05, 0) is 60.3 Å². The molecule has 3 aromatic rings. The second kappa shape index (κ2) is 9.55. The zero-order valence-electron chi connectivity index (χ0n) is 19.7. The first kappa shape index (κ1) is 25.4. The summed E-state index contributed by atoms with van der Waals surface area (Å²) >= 11 is 1.16. The maximum atomic E-state index is 14.5. The van der Waals surface area contributed by atoms with Gasteiger partial charge >= 0.3 is 6.03 Å². The Balaban J connectivity index is 1.39. The lowest BCUT2D eigenvalue weighted by Gasteiger charge is -2.35. The number of nitrogens with zero attached hydrogens (tertiary/aromatic N) is 3. The van der Waals surface area contributed by atoms with Crippen molar-refractivity contribution in [3.8, 4) is 5.75 Å². The fraction of sp³-hybridized carbons (Fsp3) is 0.400. The number of nitrogens with one attached hydrogen (secondary N) is 1. The zero-order valence-corrected chi connectivity index (χ0v) is 20.5. The molecule has 2 heterocycles. The minimum Gasteiger partial charge on any atom is -0.488 e. The minimum absolute atomic E-state index is 0.0344. The first-order valence-corrected chi connectivity index (χ1v) is 12.4. The predicted octanol–water partition coefficient (Wildman–Crippen LogP) is 6.32. The molecule has 2 aliphatic rings. The smallest absolute Gasteiger partial charge is 0.321 e. The van der Waals surface area contributed by atoms with E-state index in [1.807, 2.05) is 0 Å². The number of likely N-dealkylation sites (tertiary alicyclic amines) is 1. The van der Waals surface area contributed by atoms with Gasteiger partial charge in [0.1, 0.15) is 29.0 Å². The monoisotopic (exact) mass is 538 g/mol. The molecule has 1 saturated carbocycles. The average molecular weight is 539 g/mol. The molecule has 1 aliphatic carbocycles. The Morgan fingerprint density at radius 2 is 2.00 bits per heavy atom. The minimum atomic E-state index is -2.82. The van der Waals surface area contributed by atoms with Crippen molar-refractivity contribution in [3.63, 3.8) is 0 Å². The molecular formula is C25H23F5N4O2S. The van der Waals surface area contributed by atoms with E-state index in [0.29, 0.717) is 22.6 Å². The molecule has 2 amide bonds. The highest BCUT2D eigenvalue weighted by atomic mass is 32.1. The van der Waals surface area contributed by atoms with Gasteiger partial charge in [-0.25, -0.2) is 31.7 Å². The van der Waals surface area contributed by atoms with Crippen LogP contribution in [0.4, 0.5) is 32.4 Å². The lowest BCUT2D eigenvalue weighted by Crippen LogP contribution is -2.43. The van der Waals surface area contributed by atoms with Crippen molar-refractivity contribution in [2.45, 2.75) is 50.1 Å². The second-order valence-corrected chi connectivity index (χ2v) is 10.2. The number of amides is 2. The van der Waals surface area contributed by atoms with Gasteiger partial charge in [0.15, 0.2) is 0 Å². The maximum absolute atomic E-state index is 14.5. The Kier molecular flexibility index (Phi) is 6.55. The van der Waals surface area contributed by atoms with E-state index in [1.165, 1.54) is 23.4 Å². The fourth-order valence-electron chi connectivity index (χ4n) is 4.74. The van der Waals surface area contributed by atoms with Crippen LogP contribution in [0, 0.1) is 12.7 Å². The van der Waals surface area contributed by atoms with E-state index in [1.54, 1.807) is 19.1 Å². The molecule has 1 saturated heterocycles. The summed E-state index contributed by atoms with van der Waals surface area (Å²) in [7, 11) is 0. The standard InChI is InChI=1S/C25H23F5N4O2S/c1-14-2-4-16(9-18(14)26)24(22-31-13-32-37-22)6-7-34(12-24)23(35)33-19-8-15(21(27)28)3-5-20(19)36-17-10-25(29,30)11-17/h2-5,8-9,13,17,21H,6-7,10-12H2,1H3,(H,33,35). The molecule has 1 aromatic heterocycles. The average Bonchev–Trinajstić information content (AvgIpc) is 3.52. The summed E-state index contributed by atoms with van der Waals surface area (Å²) < 4.78 is 77.4. The summed E-state index contributed by atoms with van der Waals surface area (Å²) in [6.45, 7) is 2.08. The fourth-order valence-corrected chi connectivity index (χ4v) is 5.49. The topological polar surface area (TPSA) is 67.4 Å². The van der Waals surface area contributed by atoms with Gasteiger partial charge in [0.2, 0.25) is 0 Å². The summed E-state index contributed by atoms with van der Waals surface area (Å²) in [4.78, 5) is 19.1. The molecule has 0 radical (unpaired) electrons. The largest absolute Gasteiger partial charge is 0.488 e. The van der Waals surface area contributed by atoms with E-state index in [0.717, 1.165) is 23.7 Å². The molecule has 2 fully saturated rings. The Bertz CT molecular complexity index is 1300. The molecule has 12 heteroatoms. The number of benzene rings is 2. The number of carbonyl (C=O) groups is 1. The summed E-state index contributed by atoms with van der Waals surface area (Å²) in [6, 6.07) is 7.78. The van der Waals surface area contributed by atoms with Crippen molar-refractivity contribution in [3.05, 3.63) is 70.2 Å². The van der Waals surface area contributed by atoms with Gasteiger partial charge in [-0.1, -0.05) is 12.1 Å². The lowest BCUT2D eigenvalue weighted by atomic mass is 9.80. The molecule has 0 spiro atoms. The third-order valence-electron chi connectivity index (χ3n) is 6.90. The Morgan fingerprint density at radius 3 is 2.65 bits per heavy atom. The number of hydrogen-bond acceptors (Lipinski definition) is 5. The van der Waals surface area contributed by atoms with Crippen LogP contribution in [-0.2, 0) is 5.41 Å². The number of urea groups is 1. The van der Waals surface area contributed by atoms with E-state index in [-0.39, 0.29) is 35.9 Å². The number of rotatable bonds is 6. The number of alkyl halides is 4. The van der Waals surface area contributed by atoms with Gasteiger partial charge in [0, 0.05) is 31.5 Å².